The van der Waals surface area contributed by atoms with Crippen molar-refractivity contribution in [2.45, 2.75) is 31.5 Å². The first-order chi connectivity index (χ1) is 13.7. The first-order valence-corrected chi connectivity index (χ1v) is 10.8. The SMILES string of the molecule is CCc1cnn2c(NCc3ccc(C4=NCCC=C4)cc3)nc(S(C)=O)nc12. The Bertz CT molecular complexity index is 1080. The van der Waals surface area contributed by atoms with Crippen molar-refractivity contribution in [3.8, 4) is 0 Å². The third-order valence-corrected chi connectivity index (χ3v) is 5.31. The molecule has 1 aliphatic heterocycles. The molecule has 0 saturated carbocycles. The highest BCUT2D eigenvalue weighted by Gasteiger charge is 2.14. The second-order valence-corrected chi connectivity index (χ2v) is 7.82. The van der Waals surface area contributed by atoms with E-state index in [2.05, 4.69) is 61.8 Å². The van der Waals surface area contributed by atoms with Gasteiger partial charge in [-0.2, -0.15) is 14.6 Å². The highest BCUT2D eigenvalue weighted by molar-refractivity contribution is 7.84. The summed E-state index contributed by atoms with van der Waals surface area (Å²) in [6.45, 7) is 3.47. The summed E-state index contributed by atoms with van der Waals surface area (Å²) in [6, 6.07) is 8.31. The smallest absolute Gasteiger partial charge is 0.228 e. The van der Waals surface area contributed by atoms with Crippen molar-refractivity contribution >= 4 is 28.1 Å². The number of aromatic nitrogens is 4. The molecule has 1 N–H and O–H groups in total. The van der Waals surface area contributed by atoms with Crippen molar-refractivity contribution in [3.63, 3.8) is 0 Å². The van der Waals surface area contributed by atoms with E-state index in [1.165, 1.54) is 0 Å². The van der Waals surface area contributed by atoms with Crippen LogP contribution in [-0.2, 0) is 23.8 Å². The van der Waals surface area contributed by atoms with E-state index in [1.54, 1.807) is 17.0 Å². The van der Waals surface area contributed by atoms with E-state index in [-0.39, 0.29) is 0 Å². The molecule has 0 bridgehead atoms. The summed E-state index contributed by atoms with van der Waals surface area (Å²) >= 11 is 0. The minimum absolute atomic E-state index is 0.308. The van der Waals surface area contributed by atoms with E-state index in [4.69, 9.17) is 0 Å². The third kappa shape index (κ3) is 3.73. The number of dihydropyridines is 1. The van der Waals surface area contributed by atoms with Crippen molar-refractivity contribution in [1.82, 2.24) is 19.6 Å². The van der Waals surface area contributed by atoms with Crippen molar-refractivity contribution in [2.75, 3.05) is 18.1 Å². The molecule has 0 saturated heterocycles. The maximum absolute atomic E-state index is 11.9. The number of nitrogens with one attached hydrogen (secondary N) is 1. The number of hydrogen-bond acceptors (Lipinski definition) is 6. The van der Waals surface area contributed by atoms with Crippen LogP contribution in [0.3, 0.4) is 0 Å². The zero-order chi connectivity index (χ0) is 19.5. The van der Waals surface area contributed by atoms with Gasteiger partial charge in [-0.05, 0) is 30.0 Å². The second kappa shape index (κ2) is 8.02. The summed E-state index contributed by atoms with van der Waals surface area (Å²) in [7, 11) is -1.27. The van der Waals surface area contributed by atoms with Gasteiger partial charge >= 0.3 is 0 Å². The molecular formula is C20H22N6OS. The molecule has 28 heavy (non-hydrogen) atoms. The molecule has 1 aliphatic rings. The number of benzene rings is 1. The molecule has 3 aromatic rings. The van der Waals surface area contributed by atoms with Gasteiger partial charge in [-0.25, -0.2) is 4.98 Å². The Balaban J connectivity index is 1.57. The molecule has 1 aromatic carbocycles. The van der Waals surface area contributed by atoms with Crippen LogP contribution in [0.4, 0.5) is 5.95 Å². The van der Waals surface area contributed by atoms with Gasteiger partial charge in [0, 0.05) is 24.9 Å². The van der Waals surface area contributed by atoms with Crippen molar-refractivity contribution in [1.29, 1.82) is 0 Å². The Morgan fingerprint density at radius 3 is 2.71 bits per heavy atom. The lowest BCUT2D eigenvalue weighted by Gasteiger charge is -2.10. The fourth-order valence-corrected chi connectivity index (χ4v) is 3.50. The summed E-state index contributed by atoms with van der Waals surface area (Å²) in [4.78, 5) is 13.4. The van der Waals surface area contributed by atoms with Gasteiger partial charge in [-0.15, -0.1) is 0 Å². The van der Waals surface area contributed by atoms with E-state index >= 15 is 0 Å². The lowest BCUT2D eigenvalue weighted by atomic mass is 10.1. The second-order valence-electron chi connectivity index (χ2n) is 6.55. The van der Waals surface area contributed by atoms with Crippen LogP contribution in [0.1, 0.15) is 30.0 Å². The number of allylic oxidation sites excluding steroid dienone is 1. The van der Waals surface area contributed by atoms with E-state index in [0.29, 0.717) is 23.3 Å². The Morgan fingerprint density at radius 2 is 2.04 bits per heavy atom. The number of aryl methyl sites for hydroxylation is 1. The molecule has 0 amide bonds. The van der Waals surface area contributed by atoms with Gasteiger partial charge in [-0.3, -0.25) is 9.20 Å². The fraction of sp³-hybridized carbons (Fsp3) is 0.300. The highest BCUT2D eigenvalue weighted by atomic mass is 32.2. The predicted octanol–water partition coefficient (Wildman–Crippen LogP) is 2.79. The van der Waals surface area contributed by atoms with Crippen molar-refractivity contribution < 1.29 is 4.21 Å². The Hall–Kier alpha value is -2.87. The van der Waals surface area contributed by atoms with Gasteiger partial charge < -0.3 is 5.32 Å². The summed E-state index contributed by atoms with van der Waals surface area (Å²) in [5.74, 6) is 0.540. The Kier molecular flexibility index (Phi) is 5.29. The molecule has 0 spiro atoms. The lowest BCUT2D eigenvalue weighted by molar-refractivity contribution is 0.678. The van der Waals surface area contributed by atoms with Gasteiger partial charge in [0.25, 0.3) is 0 Å². The maximum Gasteiger partial charge on any atom is 0.228 e. The average Bonchev–Trinajstić information content (AvgIpc) is 3.16. The van der Waals surface area contributed by atoms with Crippen LogP contribution in [-0.4, -0.2) is 42.3 Å². The van der Waals surface area contributed by atoms with Gasteiger partial charge in [0.1, 0.15) is 0 Å². The summed E-state index contributed by atoms with van der Waals surface area (Å²) in [5, 5.41) is 8.00. The standard InChI is InChI=1S/C20H22N6OS/c1-3-15-13-23-26-18(15)24-20(28(2)27)25-19(26)22-12-14-7-9-16(10-8-14)17-6-4-5-11-21-17/h4,6-10,13H,3,5,11-12H2,1-2H3,(H,22,24,25). The molecular weight excluding hydrogens is 372 g/mol. The van der Waals surface area contributed by atoms with Gasteiger partial charge in [0.05, 0.1) is 22.7 Å². The zero-order valence-electron chi connectivity index (χ0n) is 15.9. The third-order valence-electron chi connectivity index (χ3n) is 4.61. The largest absolute Gasteiger partial charge is 0.350 e. The van der Waals surface area contributed by atoms with E-state index in [0.717, 1.165) is 41.8 Å². The monoisotopic (exact) mass is 394 g/mol. The number of anilines is 1. The van der Waals surface area contributed by atoms with E-state index in [9.17, 15) is 4.21 Å². The number of hydrogen-bond donors (Lipinski definition) is 1. The predicted molar refractivity (Wildman–Crippen MR) is 111 cm³/mol. The molecule has 8 heteroatoms. The average molecular weight is 395 g/mol. The van der Waals surface area contributed by atoms with Crippen LogP contribution in [0.25, 0.3) is 5.65 Å². The number of aliphatic imine (C=N–C) groups is 1. The molecule has 4 rings (SSSR count). The van der Waals surface area contributed by atoms with E-state index < -0.39 is 10.8 Å². The molecule has 0 radical (unpaired) electrons. The quantitative estimate of drug-likeness (QED) is 0.695. The van der Waals surface area contributed by atoms with Crippen molar-refractivity contribution in [3.05, 3.63) is 59.3 Å². The number of fused-ring (bicyclic) bond motifs is 1. The minimum Gasteiger partial charge on any atom is -0.350 e. The highest BCUT2D eigenvalue weighted by Crippen LogP contribution is 2.16. The maximum atomic E-state index is 11.9. The molecule has 0 fully saturated rings. The summed E-state index contributed by atoms with van der Waals surface area (Å²) < 4.78 is 13.6. The lowest BCUT2D eigenvalue weighted by Crippen LogP contribution is -2.12. The van der Waals surface area contributed by atoms with Gasteiger partial charge in [0.15, 0.2) is 5.65 Å². The Morgan fingerprint density at radius 1 is 1.21 bits per heavy atom. The van der Waals surface area contributed by atoms with Crippen LogP contribution in [0.15, 0.2) is 52.8 Å². The minimum atomic E-state index is -1.27. The first-order valence-electron chi connectivity index (χ1n) is 9.28. The topological polar surface area (TPSA) is 84.5 Å². The van der Waals surface area contributed by atoms with E-state index in [1.807, 2.05) is 6.92 Å². The number of nitrogens with zero attached hydrogens (tertiary/aromatic N) is 5. The van der Waals surface area contributed by atoms with Crippen LogP contribution in [0, 0.1) is 0 Å². The molecule has 7 nitrogen and oxygen atoms in total. The fourth-order valence-electron chi connectivity index (χ4n) is 3.07. The summed E-state index contributed by atoms with van der Waals surface area (Å²) in [6.07, 6.45) is 9.40. The molecule has 0 aliphatic carbocycles. The van der Waals surface area contributed by atoms with Crippen molar-refractivity contribution in [2.24, 2.45) is 4.99 Å². The molecule has 1 unspecified atom stereocenters. The molecule has 2 aromatic heterocycles. The molecule has 1 atom stereocenters. The van der Waals surface area contributed by atoms with Gasteiger partial charge in [-0.1, -0.05) is 37.3 Å². The van der Waals surface area contributed by atoms with Crippen LogP contribution in [0.2, 0.25) is 0 Å². The zero-order valence-corrected chi connectivity index (χ0v) is 16.7. The van der Waals surface area contributed by atoms with Crippen LogP contribution < -0.4 is 5.32 Å². The van der Waals surface area contributed by atoms with Gasteiger partial charge in [0.2, 0.25) is 11.1 Å². The molecule has 3 heterocycles. The Labute approximate surface area is 166 Å². The normalized spacial score (nSPS) is 14.9. The first kappa shape index (κ1) is 18.5. The number of rotatable bonds is 6. The molecule has 144 valence electrons. The summed E-state index contributed by atoms with van der Waals surface area (Å²) in [5.41, 5.74) is 4.96. The van der Waals surface area contributed by atoms with Crippen LogP contribution in [0.5, 0.6) is 0 Å². The van der Waals surface area contributed by atoms with Crippen LogP contribution >= 0.6 is 0 Å².